The largest absolute Gasteiger partial charge is 0.337 e. The summed E-state index contributed by atoms with van der Waals surface area (Å²) in [4.78, 5) is 14.3. The normalized spacial score (nSPS) is 18.4. The first-order valence-corrected chi connectivity index (χ1v) is 8.30. The van der Waals surface area contributed by atoms with Crippen molar-refractivity contribution in [1.82, 2.24) is 25.0 Å². The molecule has 6 nitrogen and oxygen atoms in total. The Morgan fingerprint density at radius 3 is 2.88 bits per heavy atom. The molecule has 0 spiro atoms. The Bertz CT molecular complexity index is 763. The molecule has 1 N–H and O–H groups in total. The molecule has 1 fully saturated rings. The molecule has 0 saturated carbocycles. The van der Waals surface area contributed by atoms with Crippen LogP contribution >= 0.6 is 0 Å². The van der Waals surface area contributed by atoms with Gasteiger partial charge in [-0.3, -0.25) is 0 Å². The molecule has 0 radical (unpaired) electrons. The zero-order valence-electron chi connectivity index (χ0n) is 14.2. The van der Waals surface area contributed by atoms with Gasteiger partial charge in [0.25, 0.3) is 0 Å². The fourth-order valence-electron chi connectivity index (χ4n) is 3.15. The molecule has 2 amide bonds. The van der Waals surface area contributed by atoms with Gasteiger partial charge >= 0.3 is 6.03 Å². The number of rotatable bonds is 4. The minimum Gasteiger partial charge on any atom is -0.337 e. The van der Waals surface area contributed by atoms with Crippen molar-refractivity contribution in [2.75, 3.05) is 13.1 Å². The van der Waals surface area contributed by atoms with Crippen molar-refractivity contribution in [3.05, 3.63) is 47.5 Å². The molecule has 3 rings (SSSR count). The summed E-state index contributed by atoms with van der Waals surface area (Å²) >= 11 is 0. The SMILES string of the molecule is C[C@@H](CNC(=O)N1CCC[C@H]1c1nncn1C)c1ccc(F)c(F)c1. The maximum absolute atomic E-state index is 13.3. The van der Waals surface area contributed by atoms with E-state index in [1.165, 1.54) is 12.1 Å². The number of likely N-dealkylation sites (tertiary alicyclic amines) is 1. The number of nitrogens with zero attached hydrogens (tertiary/aromatic N) is 4. The quantitative estimate of drug-likeness (QED) is 0.923. The lowest BCUT2D eigenvalue weighted by Crippen LogP contribution is -2.41. The van der Waals surface area contributed by atoms with Gasteiger partial charge in [0.2, 0.25) is 0 Å². The van der Waals surface area contributed by atoms with Crippen LogP contribution < -0.4 is 5.32 Å². The first kappa shape index (κ1) is 17.3. The summed E-state index contributed by atoms with van der Waals surface area (Å²) in [6.45, 7) is 2.85. The molecule has 1 aromatic heterocycles. The summed E-state index contributed by atoms with van der Waals surface area (Å²) in [6, 6.07) is 3.54. The molecule has 8 heteroatoms. The van der Waals surface area contributed by atoms with Gasteiger partial charge in [0.15, 0.2) is 17.5 Å². The van der Waals surface area contributed by atoms with E-state index >= 15 is 0 Å². The van der Waals surface area contributed by atoms with Crippen molar-refractivity contribution in [1.29, 1.82) is 0 Å². The fourth-order valence-corrected chi connectivity index (χ4v) is 3.15. The van der Waals surface area contributed by atoms with Crippen molar-refractivity contribution >= 4 is 6.03 Å². The average molecular weight is 349 g/mol. The van der Waals surface area contributed by atoms with Gasteiger partial charge in [-0.25, -0.2) is 13.6 Å². The Morgan fingerprint density at radius 1 is 1.40 bits per heavy atom. The summed E-state index contributed by atoms with van der Waals surface area (Å²) in [6.07, 6.45) is 3.37. The van der Waals surface area contributed by atoms with Gasteiger partial charge in [-0.1, -0.05) is 13.0 Å². The van der Waals surface area contributed by atoms with Crippen molar-refractivity contribution < 1.29 is 13.6 Å². The van der Waals surface area contributed by atoms with Crippen LogP contribution in [0, 0.1) is 11.6 Å². The molecule has 1 saturated heterocycles. The number of benzene rings is 1. The first-order chi connectivity index (χ1) is 12.0. The van der Waals surface area contributed by atoms with Crippen LogP contribution in [-0.2, 0) is 7.05 Å². The third kappa shape index (κ3) is 3.62. The van der Waals surface area contributed by atoms with Crippen LogP contribution in [-0.4, -0.2) is 38.8 Å². The highest BCUT2D eigenvalue weighted by Gasteiger charge is 2.32. The second-order valence-electron chi connectivity index (χ2n) is 6.41. The van der Waals surface area contributed by atoms with Crippen LogP contribution in [0.4, 0.5) is 13.6 Å². The second kappa shape index (κ2) is 7.16. The van der Waals surface area contributed by atoms with E-state index in [1.54, 1.807) is 11.2 Å². The molecular formula is C17H21F2N5O. The molecule has 1 aromatic carbocycles. The first-order valence-electron chi connectivity index (χ1n) is 8.30. The minimum atomic E-state index is -0.877. The average Bonchev–Trinajstić information content (AvgIpc) is 3.23. The van der Waals surface area contributed by atoms with E-state index in [2.05, 4.69) is 15.5 Å². The summed E-state index contributed by atoms with van der Waals surface area (Å²) in [5.74, 6) is -1.11. The number of aryl methyl sites for hydroxylation is 1. The Balaban J connectivity index is 1.61. The molecule has 134 valence electrons. The molecule has 1 aliphatic rings. The standard InChI is InChI=1S/C17H21F2N5O/c1-11(12-5-6-13(18)14(19)8-12)9-20-17(25)24-7-3-4-15(24)16-22-21-10-23(16)2/h5-6,8,10-11,15H,3-4,7,9H2,1-2H3,(H,20,25)/t11-,15-/m0/s1. The molecular weight excluding hydrogens is 328 g/mol. The highest BCUT2D eigenvalue weighted by molar-refractivity contribution is 5.75. The summed E-state index contributed by atoms with van der Waals surface area (Å²) in [7, 11) is 1.86. The third-order valence-corrected chi connectivity index (χ3v) is 4.63. The summed E-state index contributed by atoms with van der Waals surface area (Å²) < 4.78 is 28.2. The molecule has 0 bridgehead atoms. The number of aromatic nitrogens is 3. The Morgan fingerprint density at radius 2 is 2.20 bits per heavy atom. The van der Waals surface area contributed by atoms with Crippen LogP contribution in [0.25, 0.3) is 0 Å². The van der Waals surface area contributed by atoms with Crippen LogP contribution in [0.15, 0.2) is 24.5 Å². The molecule has 25 heavy (non-hydrogen) atoms. The minimum absolute atomic E-state index is 0.0916. The van der Waals surface area contributed by atoms with Crippen molar-refractivity contribution in [2.24, 2.45) is 7.05 Å². The number of halogens is 2. The molecule has 1 aliphatic heterocycles. The number of carbonyl (C=O) groups excluding carboxylic acids is 1. The highest BCUT2D eigenvalue weighted by Crippen LogP contribution is 2.30. The van der Waals surface area contributed by atoms with E-state index in [4.69, 9.17) is 0 Å². The van der Waals surface area contributed by atoms with Crippen LogP contribution in [0.1, 0.15) is 43.1 Å². The lowest BCUT2D eigenvalue weighted by molar-refractivity contribution is 0.189. The van der Waals surface area contributed by atoms with E-state index in [9.17, 15) is 13.6 Å². The van der Waals surface area contributed by atoms with Crippen molar-refractivity contribution in [2.45, 2.75) is 31.7 Å². The second-order valence-corrected chi connectivity index (χ2v) is 6.41. The van der Waals surface area contributed by atoms with E-state index in [1.807, 2.05) is 18.5 Å². The number of amides is 2. The lowest BCUT2D eigenvalue weighted by Gasteiger charge is -2.25. The highest BCUT2D eigenvalue weighted by atomic mass is 19.2. The molecule has 0 unspecified atom stereocenters. The van der Waals surface area contributed by atoms with Crippen LogP contribution in [0.3, 0.4) is 0 Å². The molecule has 2 aromatic rings. The van der Waals surface area contributed by atoms with Gasteiger partial charge < -0.3 is 14.8 Å². The van der Waals surface area contributed by atoms with Gasteiger partial charge in [0, 0.05) is 20.1 Å². The number of hydrogen-bond acceptors (Lipinski definition) is 3. The topological polar surface area (TPSA) is 63.1 Å². The predicted molar refractivity (Wildman–Crippen MR) is 87.9 cm³/mol. The Hall–Kier alpha value is -2.51. The number of hydrogen-bond donors (Lipinski definition) is 1. The van der Waals surface area contributed by atoms with E-state index in [-0.39, 0.29) is 18.0 Å². The molecule has 2 atom stereocenters. The van der Waals surface area contributed by atoms with Gasteiger partial charge in [-0.15, -0.1) is 10.2 Å². The van der Waals surface area contributed by atoms with Gasteiger partial charge in [0.1, 0.15) is 6.33 Å². The Labute approximate surface area is 144 Å². The zero-order chi connectivity index (χ0) is 18.0. The van der Waals surface area contributed by atoms with E-state index in [0.717, 1.165) is 24.7 Å². The molecule has 0 aliphatic carbocycles. The maximum Gasteiger partial charge on any atom is 0.318 e. The molecule has 2 heterocycles. The van der Waals surface area contributed by atoms with Crippen molar-refractivity contribution in [3.63, 3.8) is 0 Å². The number of carbonyl (C=O) groups is 1. The summed E-state index contributed by atoms with van der Waals surface area (Å²) in [5.41, 5.74) is 0.644. The lowest BCUT2D eigenvalue weighted by atomic mass is 10.0. The summed E-state index contributed by atoms with van der Waals surface area (Å²) in [5, 5.41) is 10.9. The van der Waals surface area contributed by atoms with Crippen LogP contribution in [0.5, 0.6) is 0 Å². The zero-order valence-corrected chi connectivity index (χ0v) is 14.2. The third-order valence-electron chi connectivity index (χ3n) is 4.63. The van der Waals surface area contributed by atoms with Crippen LogP contribution in [0.2, 0.25) is 0 Å². The fraction of sp³-hybridized carbons (Fsp3) is 0.471. The van der Waals surface area contributed by atoms with E-state index < -0.39 is 11.6 Å². The van der Waals surface area contributed by atoms with Gasteiger partial charge in [-0.05, 0) is 36.5 Å². The maximum atomic E-state index is 13.3. The van der Waals surface area contributed by atoms with Crippen molar-refractivity contribution in [3.8, 4) is 0 Å². The van der Waals surface area contributed by atoms with E-state index in [0.29, 0.717) is 18.7 Å². The smallest absolute Gasteiger partial charge is 0.318 e. The number of urea groups is 1. The van der Waals surface area contributed by atoms with Gasteiger partial charge in [0.05, 0.1) is 6.04 Å². The predicted octanol–water partition coefficient (Wildman–Crippen LogP) is 2.74. The number of nitrogens with one attached hydrogen (secondary N) is 1. The Kier molecular flexibility index (Phi) is 4.96. The van der Waals surface area contributed by atoms with Gasteiger partial charge in [-0.2, -0.15) is 0 Å². The monoisotopic (exact) mass is 349 g/mol.